The van der Waals surface area contributed by atoms with Gasteiger partial charge in [-0.05, 0) is 50.3 Å². The summed E-state index contributed by atoms with van der Waals surface area (Å²) in [6.07, 6.45) is 2.70. The molecule has 0 aromatic heterocycles. The standard InChI is InChI=1S/C15H23NO/c1-4-17-15-9-5-13(6-10-15)11(2)12(3)16-14-7-8-14/h5-6,9-12,14,16H,4,7-8H2,1-3H3. The van der Waals surface area contributed by atoms with Crippen LogP contribution in [0.3, 0.4) is 0 Å². The maximum atomic E-state index is 5.46. The van der Waals surface area contributed by atoms with Crippen molar-refractivity contribution in [3.8, 4) is 5.75 Å². The van der Waals surface area contributed by atoms with Crippen LogP contribution in [0, 0.1) is 0 Å². The summed E-state index contributed by atoms with van der Waals surface area (Å²) in [5, 5.41) is 3.66. The third-order valence-electron chi connectivity index (χ3n) is 3.54. The Hall–Kier alpha value is -1.02. The fourth-order valence-electron chi connectivity index (χ4n) is 2.09. The molecule has 0 saturated heterocycles. The number of hydrogen-bond donors (Lipinski definition) is 1. The van der Waals surface area contributed by atoms with Gasteiger partial charge in [-0.25, -0.2) is 0 Å². The molecule has 0 bridgehead atoms. The number of rotatable bonds is 6. The summed E-state index contributed by atoms with van der Waals surface area (Å²) in [6, 6.07) is 9.82. The summed E-state index contributed by atoms with van der Waals surface area (Å²) < 4.78 is 5.46. The minimum Gasteiger partial charge on any atom is -0.494 e. The van der Waals surface area contributed by atoms with Crippen molar-refractivity contribution in [2.24, 2.45) is 0 Å². The third kappa shape index (κ3) is 3.47. The van der Waals surface area contributed by atoms with Crippen molar-refractivity contribution in [3.05, 3.63) is 29.8 Å². The van der Waals surface area contributed by atoms with Gasteiger partial charge in [-0.3, -0.25) is 0 Å². The molecule has 1 N–H and O–H groups in total. The van der Waals surface area contributed by atoms with E-state index in [2.05, 4.69) is 43.4 Å². The minimum atomic E-state index is 0.542. The summed E-state index contributed by atoms with van der Waals surface area (Å²) in [5.74, 6) is 1.51. The molecule has 1 aliphatic carbocycles. The van der Waals surface area contributed by atoms with Crippen LogP contribution >= 0.6 is 0 Å². The Morgan fingerprint density at radius 2 is 1.88 bits per heavy atom. The second kappa shape index (κ2) is 5.54. The zero-order valence-corrected chi connectivity index (χ0v) is 11.1. The quantitative estimate of drug-likeness (QED) is 0.813. The Kier molecular flexibility index (Phi) is 4.06. The monoisotopic (exact) mass is 233 g/mol. The molecule has 0 radical (unpaired) electrons. The molecule has 1 aliphatic rings. The van der Waals surface area contributed by atoms with Gasteiger partial charge in [0.2, 0.25) is 0 Å². The molecule has 0 spiro atoms. The molecular weight excluding hydrogens is 210 g/mol. The molecule has 1 fully saturated rings. The van der Waals surface area contributed by atoms with Crippen LogP contribution in [0.4, 0.5) is 0 Å². The van der Waals surface area contributed by atoms with E-state index >= 15 is 0 Å². The van der Waals surface area contributed by atoms with E-state index in [1.807, 2.05) is 6.92 Å². The molecule has 1 aromatic carbocycles. The molecule has 17 heavy (non-hydrogen) atoms. The van der Waals surface area contributed by atoms with Crippen LogP contribution in [-0.2, 0) is 0 Å². The van der Waals surface area contributed by atoms with Crippen LogP contribution in [0.1, 0.15) is 45.1 Å². The first kappa shape index (κ1) is 12.4. The molecule has 0 aliphatic heterocycles. The first-order valence-electron chi connectivity index (χ1n) is 6.69. The van der Waals surface area contributed by atoms with E-state index in [0.717, 1.165) is 18.4 Å². The predicted octanol–water partition coefficient (Wildman–Crippen LogP) is 3.33. The predicted molar refractivity (Wildman–Crippen MR) is 71.6 cm³/mol. The summed E-state index contributed by atoms with van der Waals surface area (Å²) in [7, 11) is 0. The molecule has 2 atom stereocenters. The number of hydrogen-bond acceptors (Lipinski definition) is 2. The molecular formula is C15H23NO. The Bertz CT molecular complexity index is 342. The zero-order chi connectivity index (χ0) is 12.3. The first-order valence-corrected chi connectivity index (χ1v) is 6.69. The lowest BCUT2D eigenvalue weighted by molar-refractivity contribution is 0.340. The summed E-state index contributed by atoms with van der Waals surface area (Å²) >= 11 is 0. The maximum absolute atomic E-state index is 5.46. The highest BCUT2D eigenvalue weighted by Gasteiger charge is 2.25. The Morgan fingerprint density at radius 1 is 1.24 bits per heavy atom. The molecule has 2 nitrogen and oxygen atoms in total. The van der Waals surface area contributed by atoms with E-state index in [1.54, 1.807) is 0 Å². The molecule has 1 aromatic rings. The van der Waals surface area contributed by atoms with E-state index < -0.39 is 0 Å². The van der Waals surface area contributed by atoms with Crippen molar-refractivity contribution in [2.75, 3.05) is 6.61 Å². The van der Waals surface area contributed by atoms with E-state index in [4.69, 9.17) is 4.74 Å². The SMILES string of the molecule is CCOc1ccc(C(C)C(C)NC2CC2)cc1. The van der Waals surface area contributed by atoms with Gasteiger partial charge in [0.05, 0.1) is 6.61 Å². The topological polar surface area (TPSA) is 21.3 Å². The lowest BCUT2D eigenvalue weighted by atomic mass is 9.94. The van der Waals surface area contributed by atoms with E-state index in [9.17, 15) is 0 Å². The van der Waals surface area contributed by atoms with Crippen molar-refractivity contribution in [2.45, 2.75) is 51.6 Å². The number of ether oxygens (including phenoxy) is 1. The summed E-state index contributed by atoms with van der Waals surface area (Å²) in [4.78, 5) is 0. The average molecular weight is 233 g/mol. The van der Waals surface area contributed by atoms with Gasteiger partial charge in [-0.2, -0.15) is 0 Å². The fourth-order valence-corrected chi connectivity index (χ4v) is 2.09. The van der Waals surface area contributed by atoms with Crippen LogP contribution in [0.25, 0.3) is 0 Å². The van der Waals surface area contributed by atoms with Gasteiger partial charge >= 0.3 is 0 Å². The van der Waals surface area contributed by atoms with Crippen molar-refractivity contribution in [3.63, 3.8) is 0 Å². The van der Waals surface area contributed by atoms with Gasteiger partial charge in [0.1, 0.15) is 5.75 Å². The third-order valence-corrected chi connectivity index (χ3v) is 3.54. The van der Waals surface area contributed by atoms with Gasteiger partial charge in [0.25, 0.3) is 0 Å². The van der Waals surface area contributed by atoms with Crippen LogP contribution < -0.4 is 10.1 Å². The van der Waals surface area contributed by atoms with E-state index in [1.165, 1.54) is 18.4 Å². The molecule has 2 unspecified atom stereocenters. The van der Waals surface area contributed by atoms with E-state index in [0.29, 0.717) is 12.0 Å². The molecule has 0 heterocycles. The molecule has 94 valence electrons. The van der Waals surface area contributed by atoms with Crippen LogP contribution in [-0.4, -0.2) is 18.7 Å². The largest absolute Gasteiger partial charge is 0.494 e. The Morgan fingerprint density at radius 3 is 2.41 bits per heavy atom. The van der Waals surface area contributed by atoms with Crippen LogP contribution in [0.2, 0.25) is 0 Å². The van der Waals surface area contributed by atoms with Crippen molar-refractivity contribution >= 4 is 0 Å². The lowest BCUT2D eigenvalue weighted by Gasteiger charge is -2.22. The van der Waals surface area contributed by atoms with Crippen molar-refractivity contribution in [1.82, 2.24) is 5.32 Å². The van der Waals surface area contributed by atoms with E-state index in [-0.39, 0.29) is 0 Å². The highest BCUT2D eigenvalue weighted by molar-refractivity contribution is 5.29. The van der Waals surface area contributed by atoms with Gasteiger partial charge in [0, 0.05) is 12.1 Å². The lowest BCUT2D eigenvalue weighted by Crippen LogP contribution is -2.32. The highest BCUT2D eigenvalue weighted by atomic mass is 16.5. The zero-order valence-electron chi connectivity index (χ0n) is 11.1. The van der Waals surface area contributed by atoms with Gasteiger partial charge in [0.15, 0.2) is 0 Å². The van der Waals surface area contributed by atoms with Crippen LogP contribution in [0.15, 0.2) is 24.3 Å². The Labute approximate surface area is 104 Å². The normalized spacial score (nSPS) is 18.8. The maximum Gasteiger partial charge on any atom is 0.119 e. The van der Waals surface area contributed by atoms with Gasteiger partial charge < -0.3 is 10.1 Å². The second-order valence-corrected chi connectivity index (χ2v) is 5.02. The van der Waals surface area contributed by atoms with Gasteiger partial charge in [-0.1, -0.05) is 19.1 Å². The summed E-state index contributed by atoms with van der Waals surface area (Å²) in [5.41, 5.74) is 1.38. The average Bonchev–Trinajstić information content (AvgIpc) is 3.13. The number of benzene rings is 1. The number of nitrogens with one attached hydrogen (secondary N) is 1. The fraction of sp³-hybridized carbons (Fsp3) is 0.600. The van der Waals surface area contributed by atoms with Crippen molar-refractivity contribution < 1.29 is 4.74 Å². The highest BCUT2D eigenvalue weighted by Crippen LogP contribution is 2.26. The Balaban J connectivity index is 1.94. The van der Waals surface area contributed by atoms with Crippen LogP contribution in [0.5, 0.6) is 5.75 Å². The molecule has 2 heteroatoms. The summed E-state index contributed by atoms with van der Waals surface area (Å²) in [6.45, 7) is 7.31. The van der Waals surface area contributed by atoms with Crippen molar-refractivity contribution in [1.29, 1.82) is 0 Å². The second-order valence-electron chi connectivity index (χ2n) is 5.02. The molecule has 1 saturated carbocycles. The molecule has 0 amide bonds. The first-order chi connectivity index (χ1) is 8.20. The van der Waals surface area contributed by atoms with Gasteiger partial charge in [-0.15, -0.1) is 0 Å². The smallest absolute Gasteiger partial charge is 0.119 e. The molecule has 2 rings (SSSR count). The minimum absolute atomic E-state index is 0.542.